The smallest absolute Gasteiger partial charge is 0.236 e. The van der Waals surface area contributed by atoms with Crippen molar-refractivity contribution in [2.24, 2.45) is 0 Å². The van der Waals surface area contributed by atoms with Gasteiger partial charge in [0.1, 0.15) is 30.1 Å². The van der Waals surface area contributed by atoms with Crippen molar-refractivity contribution in [2.75, 3.05) is 90.4 Å². The van der Waals surface area contributed by atoms with Gasteiger partial charge in [-0.3, -0.25) is 9.69 Å². The van der Waals surface area contributed by atoms with E-state index in [1.807, 2.05) is 24.3 Å². The summed E-state index contributed by atoms with van der Waals surface area (Å²) in [6.45, 7) is 7.67. The number of rotatable bonds is 11. The Morgan fingerprint density at radius 3 is 2.74 bits per heavy atom. The molecule has 3 heterocycles. The zero-order valence-electron chi connectivity index (χ0n) is 22.9. The molecule has 0 bridgehead atoms. The minimum atomic E-state index is -0.595. The van der Waals surface area contributed by atoms with Crippen molar-refractivity contribution >= 4 is 17.5 Å². The molecule has 0 radical (unpaired) electrons. The first kappa shape index (κ1) is 28.0. The van der Waals surface area contributed by atoms with Crippen LogP contribution in [0.15, 0.2) is 24.3 Å². The minimum Gasteiger partial charge on any atom is -0.491 e. The fourth-order valence-electron chi connectivity index (χ4n) is 4.59. The molecule has 4 rings (SSSR count). The quantitative estimate of drug-likeness (QED) is 0.388. The molecule has 2 atom stereocenters. The molecule has 0 spiro atoms. The Morgan fingerprint density at radius 2 is 2.05 bits per heavy atom. The van der Waals surface area contributed by atoms with Crippen molar-refractivity contribution < 1.29 is 19.4 Å². The predicted molar refractivity (Wildman–Crippen MR) is 148 cm³/mol. The van der Waals surface area contributed by atoms with Crippen LogP contribution >= 0.6 is 0 Å². The van der Waals surface area contributed by atoms with Crippen molar-refractivity contribution in [2.45, 2.75) is 25.5 Å². The number of benzene rings is 1. The van der Waals surface area contributed by atoms with Crippen LogP contribution < -0.4 is 20.3 Å². The number of hydrogen-bond acceptors (Lipinski definition) is 10. The van der Waals surface area contributed by atoms with Crippen LogP contribution in [0.4, 0.5) is 11.6 Å². The molecule has 1 aromatic carbocycles. The van der Waals surface area contributed by atoms with Gasteiger partial charge < -0.3 is 35.0 Å². The van der Waals surface area contributed by atoms with Gasteiger partial charge in [-0.1, -0.05) is 12.1 Å². The van der Waals surface area contributed by atoms with Crippen LogP contribution in [0.5, 0.6) is 5.75 Å². The van der Waals surface area contributed by atoms with Crippen LogP contribution in [-0.4, -0.2) is 123 Å². The van der Waals surface area contributed by atoms with Crippen molar-refractivity contribution in [3.05, 3.63) is 29.8 Å². The summed E-state index contributed by atoms with van der Waals surface area (Å²) in [5.41, 5.74) is 1.84. The van der Waals surface area contributed by atoms with Gasteiger partial charge in [0.2, 0.25) is 5.91 Å². The van der Waals surface area contributed by atoms with Gasteiger partial charge in [0.05, 0.1) is 19.2 Å². The van der Waals surface area contributed by atoms with Crippen LogP contribution in [-0.2, 0) is 9.53 Å². The molecule has 208 valence electrons. The van der Waals surface area contributed by atoms with E-state index < -0.39 is 6.10 Å². The lowest BCUT2D eigenvalue weighted by molar-refractivity contribution is -0.129. The number of nitrogens with one attached hydrogen (secondary N) is 2. The summed E-state index contributed by atoms with van der Waals surface area (Å²) in [7, 11) is 5.38. The fraction of sp³-hybridized carbons (Fsp3) is 0.593. The van der Waals surface area contributed by atoms with E-state index in [0.29, 0.717) is 31.3 Å². The van der Waals surface area contributed by atoms with Crippen molar-refractivity contribution in [3.63, 3.8) is 0 Å². The van der Waals surface area contributed by atoms with Crippen molar-refractivity contribution in [1.82, 2.24) is 25.1 Å². The number of aliphatic hydroxyl groups excluding tert-OH is 1. The zero-order valence-corrected chi connectivity index (χ0v) is 22.9. The number of piperazine rings is 1. The number of aliphatic hydroxyl groups is 1. The molecular formula is C27H41N7O4. The summed E-state index contributed by atoms with van der Waals surface area (Å²) in [4.78, 5) is 28.2. The molecule has 3 N–H and O–H groups in total. The average Bonchev–Trinajstić information content (AvgIpc) is 3.43. The fourth-order valence-corrected chi connectivity index (χ4v) is 4.59. The molecular weight excluding hydrogens is 486 g/mol. The van der Waals surface area contributed by atoms with Gasteiger partial charge in [-0.15, -0.1) is 0 Å². The van der Waals surface area contributed by atoms with Gasteiger partial charge in [0.25, 0.3) is 0 Å². The third kappa shape index (κ3) is 7.31. The first-order valence-electron chi connectivity index (χ1n) is 13.3. The molecule has 2 aromatic rings. The number of carbonyl (C=O) groups is 1. The maximum Gasteiger partial charge on any atom is 0.236 e. The first-order valence-corrected chi connectivity index (χ1v) is 13.3. The summed E-state index contributed by atoms with van der Waals surface area (Å²) in [6.07, 6.45) is 0.340. The number of carbonyl (C=O) groups excluding carboxylic acids is 1. The first-order chi connectivity index (χ1) is 18.3. The molecule has 38 heavy (non-hydrogen) atoms. The van der Waals surface area contributed by atoms with Gasteiger partial charge in [-0.05, 0) is 32.5 Å². The summed E-state index contributed by atoms with van der Waals surface area (Å²) >= 11 is 0. The number of anilines is 2. The second-order valence-electron chi connectivity index (χ2n) is 10.2. The zero-order chi connectivity index (χ0) is 27.1. The molecule has 0 aliphatic carbocycles. The van der Waals surface area contributed by atoms with Crippen LogP contribution in [0.25, 0.3) is 11.4 Å². The Hall–Kier alpha value is -2.99. The van der Waals surface area contributed by atoms with E-state index in [9.17, 15) is 9.90 Å². The molecule has 1 aromatic heterocycles. The van der Waals surface area contributed by atoms with E-state index in [0.717, 1.165) is 62.0 Å². The van der Waals surface area contributed by atoms with Gasteiger partial charge in [-0.25, -0.2) is 9.97 Å². The SMILES string of the molecule is CNCC(O)COc1cccc(-c2nc(N[C@@H]3CCOC3)c(C)c(N3CCN(CC(=O)N(C)C)CC3)n2)c1. The largest absolute Gasteiger partial charge is 0.491 e. The van der Waals surface area contributed by atoms with Crippen molar-refractivity contribution in [1.29, 1.82) is 0 Å². The topological polar surface area (TPSA) is 115 Å². The Kier molecular flexibility index (Phi) is 9.73. The Morgan fingerprint density at radius 1 is 1.26 bits per heavy atom. The summed E-state index contributed by atoms with van der Waals surface area (Å²) in [5, 5.41) is 16.5. The lowest BCUT2D eigenvalue weighted by Gasteiger charge is -2.36. The molecule has 2 saturated heterocycles. The molecule has 2 aliphatic rings. The van der Waals surface area contributed by atoms with E-state index in [1.165, 1.54) is 0 Å². The van der Waals surface area contributed by atoms with Crippen LogP contribution in [0, 0.1) is 6.92 Å². The molecule has 2 fully saturated rings. The van der Waals surface area contributed by atoms with E-state index >= 15 is 0 Å². The molecule has 11 nitrogen and oxygen atoms in total. The lowest BCUT2D eigenvalue weighted by Crippen LogP contribution is -2.49. The van der Waals surface area contributed by atoms with E-state index in [4.69, 9.17) is 19.4 Å². The monoisotopic (exact) mass is 527 g/mol. The van der Waals surface area contributed by atoms with Gasteiger partial charge in [0.15, 0.2) is 5.82 Å². The highest BCUT2D eigenvalue weighted by Crippen LogP contribution is 2.31. The normalized spacial score (nSPS) is 18.9. The molecule has 1 unspecified atom stereocenters. The number of hydrogen-bond donors (Lipinski definition) is 3. The maximum absolute atomic E-state index is 12.2. The summed E-state index contributed by atoms with van der Waals surface area (Å²) < 4.78 is 11.4. The van der Waals surface area contributed by atoms with Gasteiger partial charge in [-0.2, -0.15) is 0 Å². The Bertz CT molecular complexity index is 1070. The number of likely N-dealkylation sites (N-methyl/N-ethyl adjacent to an activating group) is 2. The van der Waals surface area contributed by atoms with Gasteiger partial charge in [0, 0.05) is 64.6 Å². The third-order valence-electron chi connectivity index (χ3n) is 6.89. The second-order valence-corrected chi connectivity index (χ2v) is 10.2. The second kappa shape index (κ2) is 13.2. The maximum atomic E-state index is 12.2. The van der Waals surface area contributed by atoms with E-state index in [2.05, 4.69) is 27.4 Å². The predicted octanol–water partition coefficient (Wildman–Crippen LogP) is 0.822. The molecule has 2 aliphatic heterocycles. The molecule has 0 saturated carbocycles. The minimum absolute atomic E-state index is 0.116. The van der Waals surface area contributed by atoms with Crippen molar-refractivity contribution in [3.8, 4) is 17.1 Å². The van der Waals surface area contributed by atoms with Crippen LogP contribution in [0.1, 0.15) is 12.0 Å². The molecule has 1 amide bonds. The standard InChI is InChI=1S/C27H41N7O4/c1-19-25(29-21-8-13-37-17-21)30-26(20-6-5-7-23(14-20)38-18-22(35)15-28-2)31-27(19)34-11-9-33(10-12-34)16-24(36)32(3)4/h5-7,14,21-22,28,35H,8-13,15-18H2,1-4H3,(H,29,30,31)/t21-,22?/m1/s1. The van der Waals surface area contributed by atoms with Crippen LogP contribution in [0.2, 0.25) is 0 Å². The lowest BCUT2D eigenvalue weighted by atomic mass is 10.1. The third-order valence-corrected chi connectivity index (χ3v) is 6.89. The average molecular weight is 528 g/mol. The summed E-state index contributed by atoms with van der Waals surface area (Å²) in [5.74, 6) is 3.08. The Balaban J connectivity index is 1.56. The number of amides is 1. The number of nitrogens with zero attached hydrogens (tertiary/aromatic N) is 5. The van der Waals surface area contributed by atoms with Gasteiger partial charge >= 0.3 is 0 Å². The highest BCUT2D eigenvalue weighted by Gasteiger charge is 2.25. The van der Waals surface area contributed by atoms with E-state index in [-0.39, 0.29) is 18.6 Å². The molecule has 11 heteroatoms. The Labute approximate surface area is 225 Å². The number of aromatic nitrogens is 2. The summed E-state index contributed by atoms with van der Waals surface area (Å²) in [6, 6.07) is 7.87. The number of ether oxygens (including phenoxy) is 2. The van der Waals surface area contributed by atoms with Crippen LogP contribution in [0.3, 0.4) is 0 Å². The van der Waals surface area contributed by atoms with E-state index in [1.54, 1.807) is 26.0 Å². The highest BCUT2D eigenvalue weighted by molar-refractivity contribution is 5.77. The highest BCUT2D eigenvalue weighted by atomic mass is 16.5.